The number of para-hydroxylation sites is 1. The molecule has 0 aliphatic carbocycles. The molecule has 2 heterocycles. The molecule has 1 saturated heterocycles. The van der Waals surface area contributed by atoms with Crippen LogP contribution < -0.4 is 5.56 Å². The highest BCUT2D eigenvalue weighted by Crippen LogP contribution is 2.18. The lowest BCUT2D eigenvalue weighted by molar-refractivity contribution is -0.122. The minimum Gasteiger partial charge on any atom is -0.483 e. The molecule has 0 spiro atoms. The standard InChI is InChI=1S/C16H20FN3O.CH2O2/c1-2-7-19-8-6-12(9-19)10-20-11-18-15-13(16(20)21)4-3-5-14(15)17;2-1-3/h3-5,11-12H,2,6-10H2,1H3;1H,(H,2,3). The normalized spacial score (nSPS) is 17.5. The van der Waals surface area contributed by atoms with Crippen LogP contribution in [0.1, 0.15) is 19.8 Å². The Morgan fingerprint density at radius 2 is 2.21 bits per heavy atom. The molecule has 1 N–H and O–H groups in total. The van der Waals surface area contributed by atoms with Crippen LogP contribution in [0.5, 0.6) is 0 Å². The summed E-state index contributed by atoms with van der Waals surface area (Å²) < 4.78 is 15.2. The minimum absolute atomic E-state index is 0.145. The molecule has 3 rings (SSSR count). The van der Waals surface area contributed by atoms with Crippen LogP contribution >= 0.6 is 0 Å². The molecule has 24 heavy (non-hydrogen) atoms. The summed E-state index contributed by atoms with van der Waals surface area (Å²) in [6, 6.07) is 4.53. The molecule has 1 aliphatic heterocycles. The van der Waals surface area contributed by atoms with Crippen LogP contribution in [0.3, 0.4) is 0 Å². The predicted octanol–water partition coefficient (Wildman–Crippen LogP) is 1.97. The summed E-state index contributed by atoms with van der Waals surface area (Å²) in [6.07, 6.45) is 3.74. The van der Waals surface area contributed by atoms with Crippen molar-refractivity contribution in [3.63, 3.8) is 0 Å². The maximum Gasteiger partial charge on any atom is 0.290 e. The van der Waals surface area contributed by atoms with E-state index in [-0.39, 0.29) is 17.5 Å². The van der Waals surface area contributed by atoms with Gasteiger partial charge in [0.1, 0.15) is 11.3 Å². The smallest absolute Gasteiger partial charge is 0.290 e. The number of hydrogen-bond donors (Lipinski definition) is 1. The molecule has 7 heteroatoms. The van der Waals surface area contributed by atoms with E-state index in [9.17, 15) is 9.18 Å². The molecule has 2 aromatic rings. The third kappa shape index (κ3) is 4.17. The van der Waals surface area contributed by atoms with Gasteiger partial charge in [-0.25, -0.2) is 9.37 Å². The first-order chi connectivity index (χ1) is 11.6. The molecule has 1 aromatic carbocycles. The van der Waals surface area contributed by atoms with Crippen molar-refractivity contribution < 1.29 is 14.3 Å². The van der Waals surface area contributed by atoms with Gasteiger partial charge in [0.25, 0.3) is 12.0 Å². The van der Waals surface area contributed by atoms with E-state index >= 15 is 0 Å². The fourth-order valence-corrected chi connectivity index (χ4v) is 3.14. The molecule has 1 unspecified atom stereocenters. The number of aromatic nitrogens is 2. The molecule has 1 fully saturated rings. The predicted molar refractivity (Wildman–Crippen MR) is 89.5 cm³/mol. The van der Waals surface area contributed by atoms with Gasteiger partial charge in [0.2, 0.25) is 0 Å². The number of benzene rings is 1. The first kappa shape index (κ1) is 18.1. The van der Waals surface area contributed by atoms with Gasteiger partial charge in [0.05, 0.1) is 11.7 Å². The number of rotatable bonds is 4. The van der Waals surface area contributed by atoms with Gasteiger partial charge in [-0.1, -0.05) is 13.0 Å². The highest BCUT2D eigenvalue weighted by Gasteiger charge is 2.22. The lowest BCUT2D eigenvalue weighted by Crippen LogP contribution is -2.27. The van der Waals surface area contributed by atoms with E-state index in [4.69, 9.17) is 9.90 Å². The van der Waals surface area contributed by atoms with Crippen LogP contribution in [0.15, 0.2) is 29.3 Å². The van der Waals surface area contributed by atoms with Crippen LogP contribution in [-0.2, 0) is 11.3 Å². The molecule has 1 aromatic heterocycles. The molecule has 1 atom stereocenters. The quantitative estimate of drug-likeness (QED) is 0.865. The maximum absolute atomic E-state index is 13.6. The number of carbonyl (C=O) groups is 1. The molecule has 0 amide bonds. The van der Waals surface area contributed by atoms with Crippen molar-refractivity contribution in [1.82, 2.24) is 14.5 Å². The van der Waals surface area contributed by atoms with Gasteiger partial charge < -0.3 is 10.0 Å². The van der Waals surface area contributed by atoms with E-state index in [0.29, 0.717) is 17.8 Å². The molecular formula is C17H22FN3O3. The van der Waals surface area contributed by atoms with E-state index in [2.05, 4.69) is 16.8 Å². The fraction of sp³-hybridized carbons (Fsp3) is 0.471. The topological polar surface area (TPSA) is 75.4 Å². The van der Waals surface area contributed by atoms with Crippen molar-refractivity contribution in [3.8, 4) is 0 Å². The van der Waals surface area contributed by atoms with Crippen LogP contribution in [0.25, 0.3) is 10.9 Å². The molecule has 1 aliphatic rings. The number of likely N-dealkylation sites (tertiary alicyclic amines) is 1. The average molecular weight is 335 g/mol. The third-order valence-corrected chi connectivity index (χ3v) is 4.17. The Morgan fingerprint density at radius 3 is 2.92 bits per heavy atom. The third-order valence-electron chi connectivity index (χ3n) is 4.17. The second-order valence-electron chi connectivity index (χ2n) is 5.90. The zero-order chi connectivity index (χ0) is 17.5. The zero-order valence-electron chi connectivity index (χ0n) is 13.7. The van der Waals surface area contributed by atoms with E-state index < -0.39 is 5.82 Å². The number of carboxylic acid groups (broad SMARTS) is 1. The fourth-order valence-electron chi connectivity index (χ4n) is 3.14. The Hall–Kier alpha value is -2.28. The maximum atomic E-state index is 13.6. The molecule has 130 valence electrons. The van der Waals surface area contributed by atoms with Crippen LogP contribution in [0, 0.1) is 11.7 Å². The van der Waals surface area contributed by atoms with Crippen LogP contribution in [0.4, 0.5) is 4.39 Å². The summed E-state index contributed by atoms with van der Waals surface area (Å²) in [6.45, 7) is 5.84. The summed E-state index contributed by atoms with van der Waals surface area (Å²) in [5.74, 6) is 0.0359. The average Bonchev–Trinajstić information content (AvgIpc) is 2.99. The lowest BCUT2D eigenvalue weighted by Gasteiger charge is -2.15. The molecule has 0 saturated carbocycles. The molecule has 0 bridgehead atoms. The first-order valence-electron chi connectivity index (χ1n) is 8.04. The van der Waals surface area contributed by atoms with Gasteiger partial charge in [0, 0.05) is 13.1 Å². The highest BCUT2D eigenvalue weighted by atomic mass is 19.1. The summed E-state index contributed by atoms with van der Waals surface area (Å²) in [7, 11) is 0. The first-order valence-corrected chi connectivity index (χ1v) is 8.04. The highest BCUT2D eigenvalue weighted by molar-refractivity contribution is 5.77. The summed E-state index contributed by atoms with van der Waals surface area (Å²) in [5, 5.41) is 7.25. The van der Waals surface area contributed by atoms with Crippen LogP contribution in [0.2, 0.25) is 0 Å². The summed E-state index contributed by atoms with van der Waals surface area (Å²) in [4.78, 5) is 27.3. The van der Waals surface area contributed by atoms with E-state index in [0.717, 1.165) is 32.5 Å². The van der Waals surface area contributed by atoms with Crippen molar-refractivity contribution in [2.45, 2.75) is 26.3 Å². The summed E-state index contributed by atoms with van der Waals surface area (Å²) in [5.41, 5.74) is 0.0197. The number of halogens is 1. The van der Waals surface area contributed by atoms with Gasteiger partial charge in [0.15, 0.2) is 0 Å². The van der Waals surface area contributed by atoms with Crippen LogP contribution in [-0.4, -0.2) is 45.7 Å². The lowest BCUT2D eigenvalue weighted by atomic mass is 10.1. The largest absolute Gasteiger partial charge is 0.483 e. The van der Waals surface area contributed by atoms with E-state index in [1.807, 2.05) is 0 Å². The molecule has 0 radical (unpaired) electrons. The Balaban J connectivity index is 0.000000647. The van der Waals surface area contributed by atoms with Crippen molar-refractivity contribution in [2.24, 2.45) is 5.92 Å². The zero-order valence-corrected chi connectivity index (χ0v) is 13.7. The van der Waals surface area contributed by atoms with E-state index in [1.165, 1.54) is 12.4 Å². The second-order valence-corrected chi connectivity index (χ2v) is 5.90. The Kier molecular flexibility index (Phi) is 6.43. The summed E-state index contributed by atoms with van der Waals surface area (Å²) >= 11 is 0. The number of fused-ring (bicyclic) bond motifs is 1. The van der Waals surface area contributed by atoms with Gasteiger partial charge in [-0.05, 0) is 44.0 Å². The SMILES string of the molecule is CCCN1CCC(Cn2cnc3c(F)cccc3c2=O)C1.O=CO. The van der Waals surface area contributed by atoms with Crippen molar-refractivity contribution >= 4 is 17.4 Å². The Morgan fingerprint density at radius 1 is 1.46 bits per heavy atom. The van der Waals surface area contributed by atoms with Gasteiger partial charge in [-0.2, -0.15) is 0 Å². The second kappa shape index (κ2) is 8.54. The van der Waals surface area contributed by atoms with E-state index in [1.54, 1.807) is 16.7 Å². The Labute approximate surface area is 139 Å². The number of nitrogens with zero attached hydrogens (tertiary/aromatic N) is 3. The minimum atomic E-state index is -0.438. The van der Waals surface area contributed by atoms with Gasteiger partial charge >= 0.3 is 0 Å². The van der Waals surface area contributed by atoms with Gasteiger partial charge in [-0.15, -0.1) is 0 Å². The van der Waals surface area contributed by atoms with Crippen molar-refractivity contribution in [1.29, 1.82) is 0 Å². The number of hydrogen-bond acceptors (Lipinski definition) is 4. The van der Waals surface area contributed by atoms with Crippen molar-refractivity contribution in [3.05, 3.63) is 40.7 Å². The van der Waals surface area contributed by atoms with Gasteiger partial charge in [-0.3, -0.25) is 14.2 Å². The molecular weight excluding hydrogens is 313 g/mol. The Bertz CT molecular complexity index is 747. The monoisotopic (exact) mass is 335 g/mol. The molecule has 6 nitrogen and oxygen atoms in total. The van der Waals surface area contributed by atoms with Crippen molar-refractivity contribution in [2.75, 3.05) is 19.6 Å².